The second-order valence-electron chi connectivity index (χ2n) is 3.89. The van der Waals surface area contributed by atoms with Gasteiger partial charge in [0.15, 0.2) is 0 Å². The lowest BCUT2D eigenvalue weighted by atomic mass is 10.3. The Hall–Kier alpha value is -1.92. The lowest BCUT2D eigenvalue weighted by Gasteiger charge is -2.16. The summed E-state index contributed by atoms with van der Waals surface area (Å²) in [7, 11) is 0. The number of nitrogens with zero attached hydrogens (tertiary/aromatic N) is 3. The molecule has 1 aromatic heterocycles. The molecule has 0 saturated carbocycles. The molecule has 1 fully saturated rings. The van der Waals surface area contributed by atoms with E-state index in [2.05, 4.69) is 20.5 Å². The van der Waals surface area contributed by atoms with Gasteiger partial charge in [-0.15, -0.1) is 5.10 Å². The van der Waals surface area contributed by atoms with Crippen molar-refractivity contribution in [2.45, 2.75) is 19.8 Å². The first-order valence-corrected chi connectivity index (χ1v) is 5.68. The molecule has 1 saturated heterocycles. The van der Waals surface area contributed by atoms with Crippen LogP contribution in [0.1, 0.15) is 29.8 Å². The van der Waals surface area contributed by atoms with E-state index in [0.717, 1.165) is 6.42 Å². The predicted molar refractivity (Wildman–Crippen MR) is 59.3 cm³/mol. The van der Waals surface area contributed by atoms with Gasteiger partial charge in [-0.2, -0.15) is 0 Å². The molecule has 0 aliphatic carbocycles. The van der Waals surface area contributed by atoms with Crippen LogP contribution in [0.5, 0.6) is 0 Å². The maximum Gasteiger partial charge on any atom is 0.293 e. The highest BCUT2D eigenvalue weighted by Gasteiger charge is 2.23. The molecule has 0 aromatic carbocycles. The molecule has 0 spiro atoms. The van der Waals surface area contributed by atoms with Gasteiger partial charge in [-0.1, -0.05) is 6.92 Å². The molecule has 7 nitrogen and oxygen atoms in total. The summed E-state index contributed by atoms with van der Waals surface area (Å²) in [4.78, 5) is 28.9. The van der Waals surface area contributed by atoms with E-state index in [9.17, 15) is 9.59 Å². The molecule has 0 bridgehead atoms. The van der Waals surface area contributed by atoms with Gasteiger partial charge in [0.25, 0.3) is 5.91 Å². The number of hydrogen-bond donors (Lipinski definition) is 2. The SMILES string of the molecule is CCc1nc(C(=O)N2CCCNC(=O)C2)n[nH]1. The zero-order chi connectivity index (χ0) is 12.3. The Morgan fingerprint density at radius 2 is 2.35 bits per heavy atom. The number of aromatic amines is 1. The summed E-state index contributed by atoms with van der Waals surface area (Å²) in [6.07, 6.45) is 1.45. The van der Waals surface area contributed by atoms with E-state index >= 15 is 0 Å². The van der Waals surface area contributed by atoms with Crippen molar-refractivity contribution < 1.29 is 9.59 Å². The Balaban J connectivity index is 2.10. The van der Waals surface area contributed by atoms with Crippen LogP contribution in [0, 0.1) is 0 Å². The number of aryl methyl sites for hydroxylation is 1. The average Bonchev–Trinajstić information content (AvgIpc) is 2.71. The van der Waals surface area contributed by atoms with Crippen LogP contribution in [-0.2, 0) is 11.2 Å². The van der Waals surface area contributed by atoms with Crippen LogP contribution in [0.4, 0.5) is 0 Å². The number of rotatable bonds is 2. The quantitative estimate of drug-likeness (QED) is 0.713. The molecule has 2 amide bonds. The molecule has 1 aromatic rings. The molecule has 92 valence electrons. The first kappa shape index (κ1) is 11.6. The fourth-order valence-corrected chi connectivity index (χ4v) is 1.67. The van der Waals surface area contributed by atoms with E-state index < -0.39 is 0 Å². The van der Waals surface area contributed by atoms with Gasteiger partial charge in [-0.3, -0.25) is 14.7 Å². The van der Waals surface area contributed by atoms with Crippen molar-refractivity contribution in [3.05, 3.63) is 11.6 Å². The minimum atomic E-state index is -0.294. The number of nitrogens with one attached hydrogen (secondary N) is 2. The third-order valence-corrected chi connectivity index (χ3v) is 2.61. The van der Waals surface area contributed by atoms with E-state index in [4.69, 9.17) is 0 Å². The van der Waals surface area contributed by atoms with Crippen molar-refractivity contribution in [2.24, 2.45) is 0 Å². The van der Waals surface area contributed by atoms with E-state index in [1.54, 1.807) is 0 Å². The highest BCUT2D eigenvalue weighted by atomic mass is 16.2. The van der Waals surface area contributed by atoms with Crippen LogP contribution < -0.4 is 5.32 Å². The van der Waals surface area contributed by atoms with Gasteiger partial charge in [-0.05, 0) is 6.42 Å². The van der Waals surface area contributed by atoms with Crippen LogP contribution in [0.2, 0.25) is 0 Å². The summed E-state index contributed by atoms with van der Waals surface area (Å²) in [5, 5.41) is 9.27. The van der Waals surface area contributed by atoms with Gasteiger partial charge >= 0.3 is 0 Å². The topological polar surface area (TPSA) is 91.0 Å². The van der Waals surface area contributed by atoms with Gasteiger partial charge in [-0.25, -0.2) is 4.98 Å². The predicted octanol–water partition coefficient (Wildman–Crippen LogP) is -0.671. The van der Waals surface area contributed by atoms with Gasteiger partial charge in [0.1, 0.15) is 5.82 Å². The second kappa shape index (κ2) is 4.94. The van der Waals surface area contributed by atoms with Gasteiger partial charge in [0, 0.05) is 19.5 Å². The molecule has 7 heteroatoms. The maximum atomic E-state index is 12.0. The van der Waals surface area contributed by atoms with Crippen molar-refractivity contribution in [1.82, 2.24) is 25.4 Å². The summed E-state index contributed by atoms with van der Waals surface area (Å²) in [5.74, 6) is 0.379. The Labute approximate surface area is 98.6 Å². The number of amides is 2. The summed E-state index contributed by atoms with van der Waals surface area (Å²) < 4.78 is 0. The molecule has 0 atom stereocenters. The fraction of sp³-hybridized carbons (Fsp3) is 0.600. The van der Waals surface area contributed by atoms with Crippen molar-refractivity contribution in [1.29, 1.82) is 0 Å². The number of aromatic nitrogens is 3. The monoisotopic (exact) mass is 237 g/mol. The summed E-state index contributed by atoms with van der Waals surface area (Å²) >= 11 is 0. The van der Waals surface area contributed by atoms with Crippen molar-refractivity contribution in [2.75, 3.05) is 19.6 Å². The van der Waals surface area contributed by atoms with Crippen molar-refractivity contribution in [3.63, 3.8) is 0 Å². The van der Waals surface area contributed by atoms with Gasteiger partial charge in [0.2, 0.25) is 11.7 Å². The Morgan fingerprint density at radius 1 is 1.53 bits per heavy atom. The van der Waals surface area contributed by atoms with Crippen LogP contribution in [0.15, 0.2) is 0 Å². The minimum Gasteiger partial charge on any atom is -0.354 e. The Morgan fingerprint density at radius 3 is 3.06 bits per heavy atom. The third kappa shape index (κ3) is 2.61. The normalized spacial score (nSPS) is 16.5. The molecule has 17 heavy (non-hydrogen) atoms. The number of H-pyrrole nitrogens is 1. The molecular formula is C10H15N5O2. The zero-order valence-corrected chi connectivity index (χ0v) is 9.69. The molecule has 2 N–H and O–H groups in total. The standard InChI is InChI=1S/C10H15N5O2/c1-2-7-12-9(14-13-7)10(17)15-5-3-4-11-8(16)6-15/h2-6H2,1H3,(H,11,16)(H,12,13,14). The largest absolute Gasteiger partial charge is 0.354 e. The smallest absolute Gasteiger partial charge is 0.293 e. The molecule has 1 aliphatic heterocycles. The van der Waals surface area contributed by atoms with Crippen LogP contribution in [0.3, 0.4) is 0 Å². The van der Waals surface area contributed by atoms with Crippen LogP contribution >= 0.6 is 0 Å². The first-order valence-electron chi connectivity index (χ1n) is 5.68. The van der Waals surface area contributed by atoms with E-state index in [1.807, 2.05) is 6.92 Å². The first-order chi connectivity index (χ1) is 8.20. The van der Waals surface area contributed by atoms with E-state index in [-0.39, 0.29) is 24.2 Å². The van der Waals surface area contributed by atoms with Gasteiger partial charge in [0.05, 0.1) is 6.54 Å². The fourth-order valence-electron chi connectivity index (χ4n) is 1.67. The maximum absolute atomic E-state index is 12.0. The van der Waals surface area contributed by atoms with Crippen molar-refractivity contribution in [3.8, 4) is 0 Å². The second-order valence-corrected chi connectivity index (χ2v) is 3.89. The summed E-state index contributed by atoms with van der Waals surface area (Å²) in [6, 6.07) is 0. The number of hydrogen-bond acceptors (Lipinski definition) is 4. The van der Waals surface area contributed by atoms with Crippen LogP contribution in [0.25, 0.3) is 0 Å². The zero-order valence-electron chi connectivity index (χ0n) is 9.69. The van der Waals surface area contributed by atoms with E-state index in [0.29, 0.717) is 25.3 Å². The van der Waals surface area contributed by atoms with Crippen LogP contribution in [-0.4, -0.2) is 51.5 Å². The molecule has 0 radical (unpaired) electrons. The highest BCUT2D eigenvalue weighted by molar-refractivity contribution is 5.93. The Bertz CT molecular complexity index is 428. The van der Waals surface area contributed by atoms with E-state index in [1.165, 1.54) is 4.90 Å². The number of carbonyl (C=O) groups excluding carboxylic acids is 2. The third-order valence-electron chi connectivity index (χ3n) is 2.61. The lowest BCUT2D eigenvalue weighted by Crippen LogP contribution is -2.37. The summed E-state index contributed by atoms with van der Waals surface area (Å²) in [6.45, 7) is 3.16. The van der Waals surface area contributed by atoms with Crippen molar-refractivity contribution >= 4 is 11.8 Å². The average molecular weight is 237 g/mol. The van der Waals surface area contributed by atoms with Gasteiger partial charge < -0.3 is 10.2 Å². The highest BCUT2D eigenvalue weighted by Crippen LogP contribution is 2.03. The minimum absolute atomic E-state index is 0.0782. The Kier molecular flexibility index (Phi) is 3.36. The molecule has 2 heterocycles. The lowest BCUT2D eigenvalue weighted by molar-refractivity contribution is -0.121. The number of carbonyl (C=O) groups is 2. The molecule has 0 unspecified atom stereocenters. The molecule has 2 rings (SSSR count). The molecule has 1 aliphatic rings. The summed E-state index contributed by atoms with van der Waals surface area (Å²) in [5.41, 5.74) is 0. The molecular weight excluding hydrogens is 222 g/mol.